The highest BCUT2D eigenvalue weighted by Gasteiger charge is 2.24. The highest BCUT2D eigenvalue weighted by atomic mass is 35.5. The van der Waals surface area contributed by atoms with Gasteiger partial charge in [0.2, 0.25) is 0 Å². The Kier molecular flexibility index (Phi) is 5.31. The zero-order valence-corrected chi connectivity index (χ0v) is 9.99. The molecule has 0 aromatic heterocycles. The van der Waals surface area contributed by atoms with Crippen LogP contribution in [0.15, 0.2) is 0 Å². The Morgan fingerprint density at radius 3 is 2.23 bits per heavy atom. The van der Waals surface area contributed by atoms with Gasteiger partial charge in [0.05, 0.1) is 0 Å². The van der Waals surface area contributed by atoms with Crippen molar-refractivity contribution in [2.75, 3.05) is 0 Å². The minimum atomic E-state index is 0. The van der Waals surface area contributed by atoms with Gasteiger partial charge in [0.15, 0.2) is 0 Å². The summed E-state index contributed by atoms with van der Waals surface area (Å²) in [7, 11) is 0. The molecule has 1 fully saturated rings. The zero-order valence-electron chi connectivity index (χ0n) is 9.18. The summed E-state index contributed by atoms with van der Waals surface area (Å²) < 4.78 is 0. The van der Waals surface area contributed by atoms with Crippen LogP contribution < -0.4 is 5.73 Å². The van der Waals surface area contributed by atoms with Gasteiger partial charge in [-0.3, -0.25) is 0 Å². The molecule has 1 rings (SSSR count). The van der Waals surface area contributed by atoms with Gasteiger partial charge < -0.3 is 5.73 Å². The maximum Gasteiger partial charge on any atom is 0.00671 e. The quantitative estimate of drug-likeness (QED) is 0.735. The molecule has 13 heavy (non-hydrogen) atoms. The molecule has 2 unspecified atom stereocenters. The van der Waals surface area contributed by atoms with Gasteiger partial charge >= 0.3 is 0 Å². The second kappa shape index (κ2) is 5.21. The van der Waals surface area contributed by atoms with Crippen molar-refractivity contribution in [1.29, 1.82) is 0 Å². The molecular formula is C11H24ClN. The van der Waals surface area contributed by atoms with E-state index < -0.39 is 0 Å². The first-order chi connectivity index (χ1) is 5.49. The van der Waals surface area contributed by atoms with Crippen LogP contribution in [-0.4, -0.2) is 6.04 Å². The standard InChI is InChI=1S/C11H23N.ClH/c1-11(2,3)8-7-9-5-4-6-10(9)12;/h9-10H,4-8,12H2,1-3H3;1H. The minimum absolute atomic E-state index is 0. The van der Waals surface area contributed by atoms with Crippen molar-refractivity contribution in [3.63, 3.8) is 0 Å². The summed E-state index contributed by atoms with van der Waals surface area (Å²) in [5.41, 5.74) is 6.50. The first kappa shape index (κ1) is 13.2. The second-order valence-corrected chi connectivity index (χ2v) is 5.45. The van der Waals surface area contributed by atoms with Crippen LogP contribution in [0.2, 0.25) is 0 Å². The molecule has 0 aromatic carbocycles. The summed E-state index contributed by atoms with van der Waals surface area (Å²) in [6.07, 6.45) is 6.65. The molecule has 2 atom stereocenters. The molecule has 0 heterocycles. The number of hydrogen-bond acceptors (Lipinski definition) is 1. The largest absolute Gasteiger partial charge is 0.327 e. The summed E-state index contributed by atoms with van der Waals surface area (Å²) in [6.45, 7) is 6.94. The van der Waals surface area contributed by atoms with Crippen LogP contribution in [0.25, 0.3) is 0 Å². The summed E-state index contributed by atoms with van der Waals surface area (Å²) in [4.78, 5) is 0. The van der Waals surface area contributed by atoms with Gasteiger partial charge in [-0.05, 0) is 37.0 Å². The van der Waals surface area contributed by atoms with Gasteiger partial charge in [-0.2, -0.15) is 0 Å². The van der Waals surface area contributed by atoms with Gasteiger partial charge in [0.25, 0.3) is 0 Å². The fourth-order valence-electron chi connectivity index (χ4n) is 2.04. The smallest absolute Gasteiger partial charge is 0.00671 e. The van der Waals surface area contributed by atoms with Crippen LogP contribution in [0.4, 0.5) is 0 Å². The summed E-state index contributed by atoms with van der Waals surface area (Å²) >= 11 is 0. The average Bonchev–Trinajstić information content (AvgIpc) is 2.29. The molecule has 1 aliphatic rings. The van der Waals surface area contributed by atoms with Crippen molar-refractivity contribution >= 4 is 12.4 Å². The van der Waals surface area contributed by atoms with Crippen LogP contribution in [0, 0.1) is 11.3 Å². The first-order valence-electron chi connectivity index (χ1n) is 5.24. The van der Waals surface area contributed by atoms with Gasteiger partial charge in [-0.25, -0.2) is 0 Å². The van der Waals surface area contributed by atoms with Gasteiger partial charge in [0.1, 0.15) is 0 Å². The van der Waals surface area contributed by atoms with Crippen LogP contribution in [0.5, 0.6) is 0 Å². The SMILES string of the molecule is CC(C)(C)CCC1CCCC1N.Cl. The number of halogens is 1. The Bertz CT molecular complexity index is 140. The van der Waals surface area contributed by atoms with E-state index in [9.17, 15) is 0 Å². The predicted octanol–water partition coefficient (Wildman–Crippen LogP) is 3.36. The third-order valence-corrected chi connectivity index (χ3v) is 2.98. The fraction of sp³-hybridized carbons (Fsp3) is 1.00. The summed E-state index contributed by atoms with van der Waals surface area (Å²) in [5.74, 6) is 0.823. The Balaban J connectivity index is 0.00000144. The molecule has 2 heteroatoms. The highest BCUT2D eigenvalue weighted by molar-refractivity contribution is 5.85. The van der Waals surface area contributed by atoms with E-state index in [1.807, 2.05) is 0 Å². The lowest BCUT2D eigenvalue weighted by Gasteiger charge is -2.22. The van der Waals surface area contributed by atoms with E-state index in [1.165, 1.54) is 32.1 Å². The van der Waals surface area contributed by atoms with Crippen LogP contribution in [-0.2, 0) is 0 Å². The molecular weight excluding hydrogens is 182 g/mol. The molecule has 0 saturated heterocycles. The van der Waals surface area contributed by atoms with Crippen LogP contribution in [0.1, 0.15) is 52.9 Å². The van der Waals surface area contributed by atoms with Crippen LogP contribution >= 0.6 is 12.4 Å². The van der Waals surface area contributed by atoms with E-state index in [-0.39, 0.29) is 12.4 Å². The molecule has 0 spiro atoms. The van der Waals surface area contributed by atoms with Crippen molar-refractivity contribution in [2.24, 2.45) is 17.1 Å². The third-order valence-electron chi connectivity index (χ3n) is 2.98. The predicted molar refractivity (Wildman–Crippen MR) is 61.3 cm³/mol. The molecule has 1 saturated carbocycles. The fourth-order valence-corrected chi connectivity index (χ4v) is 2.04. The van der Waals surface area contributed by atoms with E-state index in [4.69, 9.17) is 5.73 Å². The lowest BCUT2D eigenvalue weighted by molar-refractivity contribution is 0.311. The third kappa shape index (κ3) is 4.87. The monoisotopic (exact) mass is 205 g/mol. The van der Waals surface area contributed by atoms with Crippen LogP contribution in [0.3, 0.4) is 0 Å². The summed E-state index contributed by atoms with van der Waals surface area (Å²) in [5, 5.41) is 0. The Labute approximate surface area is 88.9 Å². The molecule has 0 aliphatic heterocycles. The maximum absolute atomic E-state index is 6.01. The molecule has 1 nitrogen and oxygen atoms in total. The van der Waals surface area contributed by atoms with Gasteiger partial charge in [-0.15, -0.1) is 12.4 Å². The Morgan fingerprint density at radius 2 is 1.85 bits per heavy atom. The minimum Gasteiger partial charge on any atom is -0.327 e. The number of nitrogens with two attached hydrogens (primary N) is 1. The van der Waals surface area contributed by atoms with E-state index in [1.54, 1.807) is 0 Å². The Hall–Kier alpha value is 0.250. The lowest BCUT2D eigenvalue weighted by Crippen LogP contribution is -2.25. The highest BCUT2D eigenvalue weighted by Crippen LogP contribution is 2.32. The maximum atomic E-state index is 6.01. The number of rotatable bonds is 2. The zero-order chi connectivity index (χ0) is 9.19. The van der Waals surface area contributed by atoms with Crippen molar-refractivity contribution in [2.45, 2.75) is 58.9 Å². The molecule has 2 N–H and O–H groups in total. The molecule has 80 valence electrons. The second-order valence-electron chi connectivity index (χ2n) is 5.45. The number of hydrogen-bond donors (Lipinski definition) is 1. The average molecular weight is 206 g/mol. The van der Waals surface area contributed by atoms with Gasteiger partial charge in [0, 0.05) is 6.04 Å². The van der Waals surface area contributed by atoms with Gasteiger partial charge in [-0.1, -0.05) is 27.2 Å². The Morgan fingerprint density at radius 1 is 1.23 bits per heavy atom. The van der Waals surface area contributed by atoms with Crippen molar-refractivity contribution in [3.8, 4) is 0 Å². The molecule has 1 aliphatic carbocycles. The van der Waals surface area contributed by atoms with Crippen molar-refractivity contribution in [3.05, 3.63) is 0 Å². The van der Waals surface area contributed by atoms with E-state index in [0.717, 1.165) is 5.92 Å². The normalized spacial score (nSPS) is 28.6. The molecule has 0 amide bonds. The molecule has 0 aromatic rings. The van der Waals surface area contributed by atoms with E-state index >= 15 is 0 Å². The van der Waals surface area contributed by atoms with E-state index in [0.29, 0.717) is 11.5 Å². The van der Waals surface area contributed by atoms with Crippen molar-refractivity contribution < 1.29 is 0 Å². The molecule has 0 bridgehead atoms. The topological polar surface area (TPSA) is 26.0 Å². The van der Waals surface area contributed by atoms with Crippen molar-refractivity contribution in [1.82, 2.24) is 0 Å². The lowest BCUT2D eigenvalue weighted by atomic mass is 9.85. The van der Waals surface area contributed by atoms with E-state index in [2.05, 4.69) is 20.8 Å². The summed E-state index contributed by atoms with van der Waals surface area (Å²) in [6, 6.07) is 0.507. The molecule has 0 radical (unpaired) electrons. The first-order valence-corrected chi connectivity index (χ1v) is 5.24.